The van der Waals surface area contributed by atoms with E-state index in [-0.39, 0.29) is 29.3 Å². The second kappa shape index (κ2) is 9.84. The monoisotopic (exact) mass is 521 g/mol. The number of halogens is 1. The molecule has 0 saturated carbocycles. The fraction of sp³-hybridized carbons (Fsp3) is 0.214. The Morgan fingerprint density at radius 3 is 2.42 bits per heavy atom. The van der Waals surface area contributed by atoms with Gasteiger partial charge in [0.2, 0.25) is 5.91 Å². The maximum Gasteiger partial charge on any atom is 0.240 e. The quantitative estimate of drug-likeness (QED) is 0.247. The molecule has 1 fully saturated rings. The van der Waals surface area contributed by atoms with Crippen LogP contribution in [0.3, 0.4) is 0 Å². The highest BCUT2D eigenvalue weighted by molar-refractivity contribution is 7.22. The molecule has 0 bridgehead atoms. The van der Waals surface area contributed by atoms with Crippen LogP contribution in [-0.2, 0) is 4.79 Å². The predicted molar refractivity (Wildman–Crippen MR) is 141 cm³/mol. The first kappa shape index (κ1) is 24.2. The van der Waals surface area contributed by atoms with Gasteiger partial charge >= 0.3 is 0 Å². The van der Waals surface area contributed by atoms with Gasteiger partial charge in [0.05, 0.1) is 6.54 Å². The number of nitrogens with zero attached hydrogens (tertiary/aromatic N) is 1. The first-order valence-electron chi connectivity index (χ1n) is 11.6. The van der Waals surface area contributed by atoms with E-state index in [0.717, 1.165) is 26.9 Å². The van der Waals surface area contributed by atoms with Crippen LogP contribution in [-0.4, -0.2) is 51.4 Å². The molecule has 0 radical (unpaired) electrons. The third kappa shape index (κ3) is 4.76. The van der Waals surface area contributed by atoms with E-state index in [1.54, 1.807) is 78.6 Å². The van der Waals surface area contributed by atoms with Crippen molar-refractivity contribution in [2.45, 2.75) is 24.8 Å². The number of phenolic OH excluding ortho intramolecular Hbond substituents is 2. The van der Waals surface area contributed by atoms with Crippen LogP contribution in [0, 0.1) is 0 Å². The van der Waals surface area contributed by atoms with Crippen LogP contribution < -0.4 is 4.74 Å². The number of likely N-dealkylation sites (tertiary alicyclic amines) is 1. The first-order chi connectivity index (χ1) is 17.3. The van der Waals surface area contributed by atoms with Gasteiger partial charge in [-0.25, -0.2) is 0 Å². The number of carbonyl (C=O) groups excluding carboxylic acids is 2. The number of benzene rings is 3. The Labute approximate surface area is 217 Å². The molecule has 8 heteroatoms. The van der Waals surface area contributed by atoms with Gasteiger partial charge in [0.1, 0.15) is 28.7 Å². The third-order valence-corrected chi connectivity index (χ3v) is 7.63. The van der Waals surface area contributed by atoms with Gasteiger partial charge in [-0.15, -0.1) is 22.9 Å². The van der Waals surface area contributed by atoms with Crippen molar-refractivity contribution < 1.29 is 24.5 Å². The van der Waals surface area contributed by atoms with Crippen LogP contribution in [0.1, 0.15) is 29.3 Å². The third-order valence-electron chi connectivity index (χ3n) is 6.25. The van der Waals surface area contributed by atoms with Gasteiger partial charge in [-0.1, -0.05) is 0 Å². The van der Waals surface area contributed by atoms with Gasteiger partial charge in [-0.2, -0.15) is 0 Å². The van der Waals surface area contributed by atoms with E-state index >= 15 is 0 Å². The Bertz CT molecular complexity index is 1430. The van der Waals surface area contributed by atoms with Gasteiger partial charge < -0.3 is 19.8 Å². The second-order valence-electron chi connectivity index (χ2n) is 8.82. The fourth-order valence-electron chi connectivity index (χ4n) is 4.42. The molecule has 184 valence electrons. The molecular formula is C28H24ClNO5S. The Hall–Kier alpha value is -3.55. The minimum absolute atomic E-state index is 0.0931. The molecule has 4 aromatic rings. The van der Waals surface area contributed by atoms with Crippen molar-refractivity contribution in [2.24, 2.45) is 0 Å². The summed E-state index contributed by atoms with van der Waals surface area (Å²) in [5.74, 6) is 0.672. The molecule has 2 N–H and O–H groups in total. The van der Waals surface area contributed by atoms with E-state index in [4.69, 9.17) is 16.3 Å². The molecule has 3 aromatic carbocycles. The molecule has 5 rings (SSSR count). The number of fused-ring (bicyclic) bond motifs is 1. The van der Waals surface area contributed by atoms with Gasteiger partial charge in [0.15, 0.2) is 5.78 Å². The van der Waals surface area contributed by atoms with Crippen LogP contribution in [0.15, 0.2) is 66.7 Å². The van der Waals surface area contributed by atoms with Crippen molar-refractivity contribution in [3.63, 3.8) is 0 Å². The fourth-order valence-corrected chi connectivity index (χ4v) is 5.80. The number of hydrogen-bond acceptors (Lipinski definition) is 6. The molecule has 0 spiro atoms. The molecule has 1 aliphatic rings. The van der Waals surface area contributed by atoms with E-state index in [1.807, 2.05) is 0 Å². The van der Waals surface area contributed by atoms with E-state index in [1.165, 1.54) is 11.3 Å². The molecule has 1 aromatic heterocycles. The zero-order valence-corrected chi connectivity index (χ0v) is 21.1. The Morgan fingerprint density at radius 1 is 1.03 bits per heavy atom. The molecule has 2 atom stereocenters. The zero-order valence-electron chi connectivity index (χ0n) is 19.5. The number of phenols is 2. The van der Waals surface area contributed by atoms with Gasteiger partial charge in [-0.3, -0.25) is 9.59 Å². The highest BCUT2D eigenvalue weighted by atomic mass is 35.5. The van der Waals surface area contributed by atoms with Crippen molar-refractivity contribution in [1.82, 2.24) is 4.90 Å². The molecular weight excluding hydrogens is 498 g/mol. The number of hydrogen-bond donors (Lipinski definition) is 2. The summed E-state index contributed by atoms with van der Waals surface area (Å²) in [5, 5.41) is 19.9. The van der Waals surface area contributed by atoms with Crippen LogP contribution >= 0.6 is 22.9 Å². The number of ketones is 1. The maximum atomic E-state index is 13.7. The summed E-state index contributed by atoms with van der Waals surface area (Å²) in [6.07, 6.45) is 0.597. The van der Waals surface area contributed by atoms with E-state index in [2.05, 4.69) is 0 Å². The van der Waals surface area contributed by atoms with Crippen LogP contribution in [0.5, 0.6) is 17.2 Å². The van der Waals surface area contributed by atoms with E-state index in [0.29, 0.717) is 30.0 Å². The van der Waals surface area contributed by atoms with Crippen molar-refractivity contribution in [1.29, 1.82) is 0 Å². The summed E-state index contributed by atoms with van der Waals surface area (Å²) < 4.78 is 6.85. The summed E-state index contributed by atoms with van der Waals surface area (Å²) >= 11 is 7.34. The van der Waals surface area contributed by atoms with E-state index < -0.39 is 5.38 Å². The van der Waals surface area contributed by atoms with E-state index in [9.17, 15) is 19.8 Å². The summed E-state index contributed by atoms with van der Waals surface area (Å²) in [7, 11) is 0. The minimum Gasteiger partial charge on any atom is -0.508 e. The van der Waals surface area contributed by atoms with Gasteiger partial charge in [-0.05, 0) is 79.2 Å². The van der Waals surface area contributed by atoms with Crippen LogP contribution in [0.25, 0.3) is 20.5 Å². The minimum atomic E-state index is -0.558. The Kier molecular flexibility index (Phi) is 6.60. The number of rotatable bonds is 6. The summed E-state index contributed by atoms with van der Waals surface area (Å²) in [4.78, 5) is 28.3. The lowest BCUT2D eigenvalue weighted by atomic mass is 9.97. The summed E-state index contributed by atoms with van der Waals surface area (Å²) in [6.45, 7) is 2.76. The summed E-state index contributed by atoms with van der Waals surface area (Å²) in [6, 6.07) is 18.7. The molecule has 2 heterocycles. The van der Waals surface area contributed by atoms with Crippen molar-refractivity contribution in [2.75, 3.05) is 13.1 Å². The topological polar surface area (TPSA) is 87.1 Å². The molecule has 1 unspecified atom stereocenters. The molecule has 36 heavy (non-hydrogen) atoms. The first-order valence-corrected chi connectivity index (χ1v) is 12.8. The highest BCUT2D eigenvalue weighted by Crippen LogP contribution is 2.41. The molecule has 1 aliphatic heterocycles. The lowest BCUT2D eigenvalue weighted by Gasteiger charge is -2.18. The SMILES string of the molecule is CC(Cl)C(=O)N1CC[C@@H](Oc2ccc(C(=O)c3c(-c4ccc(O)cc4)sc4cc(O)ccc34)cc2)C1. The molecule has 0 aliphatic carbocycles. The van der Waals surface area contributed by atoms with Crippen LogP contribution in [0.4, 0.5) is 0 Å². The van der Waals surface area contributed by atoms with Crippen LogP contribution in [0.2, 0.25) is 0 Å². The zero-order chi connectivity index (χ0) is 25.4. The largest absolute Gasteiger partial charge is 0.508 e. The van der Waals surface area contributed by atoms with Crippen molar-refractivity contribution in [3.8, 4) is 27.7 Å². The van der Waals surface area contributed by atoms with Gasteiger partial charge in [0, 0.05) is 39.1 Å². The van der Waals surface area contributed by atoms with Crippen molar-refractivity contribution in [3.05, 3.63) is 77.9 Å². The second-order valence-corrected chi connectivity index (χ2v) is 10.5. The maximum absolute atomic E-state index is 13.7. The predicted octanol–water partition coefficient (Wildman–Crippen LogP) is 5.82. The Morgan fingerprint density at radius 2 is 1.72 bits per heavy atom. The lowest BCUT2D eigenvalue weighted by molar-refractivity contribution is -0.129. The Balaban J connectivity index is 1.40. The number of alkyl halides is 1. The number of amides is 1. The van der Waals surface area contributed by atoms with Crippen molar-refractivity contribution >= 4 is 44.7 Å². The average Bonchev–Trinajstić information content (AvgIpc) is 3.48. The highest BCUT2D eigenvalue weighted by Gasteiger charge is 2.29. The summed E-state index contributed by atoms with van der Waals surface area (Å²) in [5.41, 5.74) is 1.87. The molecule has 1 amide bonds. The number of ether oxygens (including phenoxy) is 1. The number of aromatic hydroxyl groups is 2. The number of carbonyl (C=O) groups is 2. The van der Waals surface area contributed by atoms with Gasteiger partial charge in [0.25, 0.3) is 0 Å². The average molecular weight is 522 g/mol. The lowest BCUT2D eigenvalue weighted by Crippen LogP contribution is -2.35. The molecule has 6 nitrogen and oxygen atoms in total. The molecule has 1 saturated heterocycles. The standard InChI is InChI=1S/C28H24ClNO5S/c1-16(29)28(34)30-13-12-22(15-30)35-21-9-4-17(5-10-21)26(33)25-23-11-8-20(32)14-24(23)36-27(25)18-2-6-19(31)7-3-18/h2-11,14,16,22,31-32H,12-13,15H2,1H3/t16?,22-/m1/s1. The normalized spacial score (nSPS) is 16.3. The number of thiophene rings is 1. The smallest absolute Gasteiger partial charge is 0.240 e.